The first-order valence-electron chi connectivity index (χ1n) is 10.2. The van der Waals surface area contributed by atoms with E-state index in [1.165, 1.54) is 0 Å². The Kier molecular flexibility index (Phi) is 8.71. The predicted octanol–water partition coefficient (Wildman–Crippen LogP) is 3.96. The summed E-state index contributed by atoms with van der Waals surface area (Å²) in [6.45, 7) is 6.17. The summed E-state index contributed by atoms with van der Waals surface area (Å²) in [6, 6.07) is 17.0. The number of benzene rings is 2. The summed E-state index contributed by atoms with van der Waals surface area (Å²) in [4.78, 5) is 27.4. The van der Waals surface area contributed by atoms with E-state index in [0.29, 0.717) is 19.4 Å². The first kappa shape index (κ1) is 22.5. The van der Waals surface area contributed by atoms with E-state index >= 15 is 0 Å². The number of ether oxygens (including phenoxy) is 1. The van der Waals surface area contributed by atoms with Crippen LogP contribution in [0.4, 0.5) is 0 Å². The molecule has 0 aromatic heterocycles. The zero-order chi connectivity index (χ0) is 21.2. The average molecular weight is 397 g/mol. The van der Waals surface area contributed by atoms with Crippen LogP contribution in [0.25, 0.3) is 0 Å². The van der Waals surface area contributed by atoms with Gasteiger partial charge in [-0.15, -0.1) is 0 Å². The lowest BCUT2D eigenvalue weighted by Crippen LogP contribution is -2.49. The lowest BCUT2D eigenvalue weighted by molar-refractivity contribution is -0.140. The molecule has 1 N–H and O–H groups in total. The lowest BCUT2D eigenvalue weighted by Gasteiger charge is -2.30. The fourth-order valence-corrected chi connectivity index (χ4v) is 3.02. The highest BCUT2D eigenvalue weighted by atomic mass is 16.5. The molecule has 0 unspecified atom stereocenters. The van der Waals surface area contributed by atoms with Gasteiger partial charge in [0.1, 0.15) is 11.8 Å². The molecule has 2 aromatic rings. The van der Waals surface area contributed by atoms with Crippen molar-refractivity contribution in [3.05, 3.63) is 65.7 Å². The van der Waals surface area contributed by atoms with E-state index < -0.39 is 6.04 Å². The zero-order valence-electron chi connectivity index (χ0n) is 17.9. The summed E-state index contributed by atoms with van der Waals surface area (Å²) in [6.07, 6.45) is 1.86. The van der Waals surface area contributed by atoms with Crippen LogP contribution in [0, 0.1) is 0 Å². The highest BCUT2D eigenvalue weighted by Crippen LogP contribution is 2.16. The monoisotopic (exact) mass is 396 g/mol. The first-order valence-corrected chi connectivity index (χ1v) is 10.2. The number of amides is 2. The summed E-state index contributed by atoms with van der Waals surface area (Å²) in [7, 11) is 1.62. The Morgan fingerprint density at radius 1 is 1.00 bits per heavy atom. The van der Waals surface area contributed by atoms with E-state index in [4.69, 9.17) is 4.74 Å². The summed E-state index contributed by atoms with van der Waals surface area (Å²) in [5.41, 5.74) is 2.07. The SMILES string of the molecule is CC[C@H](C)NC(=O)[C@H](C)N(Cc1ccc(OC)cc1)C(=O)CCc1ccccc1. The molecule has 0 saturated carbocycles. The molecule has 5 heteroatoms. The smallest absolute Gasteiger partial charge is 0.242 e. The van der Waals surface area contributed by atoms with Gasteiger partial charge in [0.05, 0.1) is 7.11 Å². The highest BCUT2D eigenvalue weighted by Gasteiger charge is 2.26. The quantitative estimate of drug-likeness (QED) is 0.661. The molecule has 0 heterocycles. The Labute approximate surface area is 174 Å². The van der Waals surface area contributed by atoms with Gasteiger partial charge in [0, 0.05) is 19.0 Å². The van der Waals surface area contributed by atoms with Crippen molar-refractivity contribution in [2.24, 2.45) is 0 Å². The van der Waals surface area contributed by atoms with Gasteiger partial charge in [-0.2, -0.15) is 0 Å². The van der Waals surface area contributed by atoms with Crippen molar-refractivity contribution >= 4 is 11.8 Å². The van der Waals surface area contributed by atoms with Crippen LogP contribution in [-0.4, -0.2) is 35.9 Å². The maximum Gasteiger partial charge on any atom is 0.242 e. The van der Waals surface area contributed by atoms with Crippen molar-refractivity contribution in [2.45, 2.75) is 58.7 Å². The zero-order valence-corrected chi connectivity index (χ0v) is 17.9. The number of carbonyl (C=O) groups excluding carboxylic acids is 2. The second-order valence-electron chi connectivity index (χ2n) is 7.35. The first-order chi connectivity index (χ1) is 13.9. The van der Waals surface area contributed by atoms with Crippen LogP contribution < -0.4 is 10.1 Å². The van der Waals surface area contributed by atoms with Crippen molar-refractivity contribution in [1.82, 2.24) is 10.2 Å². The number of aryl methyl sites for hydroxylation is 1. The predicted molar refractivity (Wildman–Crippen MR) is 116 cm³/mol. The number of carbonyl (C=O) groups is 2. The third-order valence-electron chi connectivity index (χ3n) is 5.15. The van der Waals surface area contributed by atoms with Crippen LogP contribution in [0.2, 0.25) is 0 Å². The Morgan fingerprint density at radius 3 is 2.24 bits per heavy atom. The fraction of sp³-hybridized carbons (Fsp3) is 0.417. The van der Waals surface area contributed by atoms with Crippen LogP contribution in [-0.2, 0) is 22.6 Å². The van der Waals surface area contributed by atoms with E-state index in [1.54, 1.807) is 18.9 Å². The lowest BCUT2D eigenvalue weighted by atomic mass is 10.1. The summed E-state index contributed by atoms with van der Waals surface area (Å²) in [5.74, 6) is 0.607. The normalized spacial score (nSPS) is 12.7. The number of rotatable bonds is 10. The largest absolute Gasteiger partial charge is 0.497 e. The molecule has 0 aliphatic heterocycles. The van der Waals surface area contributed by atoms with Crippen molar-refractivity contribution in [3.8, 4) is 5.75 Å². The fourth-order valence-electron chi connectivity index (χ4n) is 3.02. The minimum absolute atomic E-state index is 0.0310. The van der Waals surface area contributed by atoms with E-state index in [0.717, 1.165) is 23.3 Å². The molecule has 0 aliphatic rings. The van der Waals surface area contributed by atoms with Crippen LogP contribution in [0.15, 0.2) is 54.6 Å². The average Bonchev–Trinajstić information content (AvgIpc) is 2.76. The molecular weight excluding hydrogens is 364 g/mol. The van der Waals surface area contributed by atoms with Gasteiger partial charge in [0.2, 0.25) is 11.8 Å². The van der Waals surface area contributed by atoms with Gasteiger partial charge in [-0.25, -0.2) is 0 Å². The molecule has 5 nitrogen and oxygen atoms in total. The molecule has 2 amide bonds. The van der Waals surface area contributed by atoms with E-state index in [9.17, 15) is 9.59 Å². The Balaban J connectivity index is 2.13. The highest BCUT2D eigenvalue weighted by molar-refractivity contribution is 5.87. The van der Waals surface area contributed by atoms with E-state index in [-0.39, 0.29) is 17.9 Å². The maximum absolute atomic E-state index is 13.1. The van der Waals surface area contributed by atoms with Crippen molar-refractivity contribution < 1.29 is 14.3 Å². The summed E-state index contributed by atoms with van der Waals surface area (Å²) >= 11 is 0. The molecule has 2 rings (SSSR count). The number of methoxy groups -OCH3 is 1. The molecule has 0 radical (unpaired) electrons. The molecule has 0 saturated heterocycles. The van der Waals surface area contributed by atoms with Crippen molar-refractivity contribution in [3.63, 3.8) is 0 Å². The van der Waals surface area contributed by atoms with Crippen molar-refractivity contribution in [2.75, 3.05) is 7.11 Å². The van der Waals surface area contributed by atoms with E-state index in [1.807, 2.05) is 68.4 Å². The number of nitrogens with one attached hydrogen (secondary N) is 1. The van der Waals surface area contributed by atoms with Gasteiger partial charge >= 0.3 is 0 Å². The second-order valence-corrected chi connectivity index (χ2v) is 7.35. The van der Waals surface area contributed by atoms with Crippen LogP contribution in [0.5, 0.6) is 5.75 Å². The topological polar surface area (TPSA) is 58.6 Å². The minimum Gasteiger partial charge on any atom is -0.497 e. The van der Waals surface area contributed by atoms with Gasteiger partial charge in [-0.1, -0.05) is 49.4 Å². The van der Waals surface area contributed by atoms with Gasteiger partial charge < -0.3 is 15.0 Å². The number of hydrogen-bond acceptors (Lipinski definition) is 3. The molecule has 0 fully saturated rings. The number of nitrogens with zero attached hydrogens (tertiary/aromatic N) is 1. The summed E-state index contributed by atoms with van der Waals surface area (Å²) < 4.78 is 5.21. The molecule has 156 valence electrons. The van der Waals surface area contributed by atoms with Crippen LogP contribution in [0.1, 0.15) is 44.7 Å². The summed E-state index contributed by atoms with van der Waals surface area (Å²) in [5, 5.41) is 2.99. The van der Waals surface area contributed by atoms with Gasteiger partial charge in [-0.3, -0.25) is 9.59 Å². The molecule has 0 spiro atoms. The molecule has 2 aromatic carbocycles. The molecule has 0 bridgehead atoms. The van der Waals surface area contributed by atoms with Crippen LogP contribution in [0.3, 0.4) is 0 Å². The van der Waals surface area contributed by atoms with Crippen molar-refractivity contribution in [1.29, 1.82) is 0 Å². The van der Waals surface area contributed by atoms with Gasteiger partial charge in [0.15, 0.2) is 0 Å². The van der Waals surface area contributed by atoms with Gasteiger partial charge in [0.25, 0.3) is 0 Å². The van der Waals surface area contributed by atoms with E-state index in [2.05, 4.69) is 5.32 Å². The Bertz CT molecular complexity index is 774. The molecular formula is C24H32N2O3. The molecule has 2 atom stereocenters. The van der Waals surface area contributed by atoms with Crippen LogP contribution >= 0.6 is 0 Å². The third-order valence-corrected chi connectivity index (χ3v) is 5.15. The third kappa shape index (κ3) is 6.93. The Morgan fingerprint density at radius 2 is 1.66 bits per heavy atom. The molecule has 29 heavy (non-hydrogen) atoms. The Hall–Kier alpha value is -2.82. The molecule has 0 aliphatic carbocycles. The standard InChI is InChI=1S/C24H32N2O3/c1-5-18(2)25-24(28)19(3)26(17-21-11-14-22(29-4)15-12-21)23(27)16-13-20-9-7-6-8-10-20/h6-12,14-15,18-19H,5,13,16-17H2,1-4H3,(H,25,28)/t18-,19-/m0/s1. The van der Waals surface area contributed by atoms with Gasteiger partial charge in [-0.05, 0) is 49.9 Å². The minimum atomic E-state index is -0.547. The number of hydrogen-bond donors (Lipinski definition) is 1. The second kappa shape index (κ2) is 11.2. The maximum atomic E-state index is 13.1.